The third kappa shape index (κ3) is 4.55. The van der Waals surface area contributed by atoms with Crippen LogP contribution >= 0.6 is 27.5 Å². The second-order valence-electron chi connectivity index (χ2n) is 3.17. The molecule has 7 heteroatoms. The average molecular weight is 331 g/mol. The molecule has 0 unspecified atom stereocenters. The molecule has 0 aliphatic rings. The molecule has 0 fully saturated rings. The summed E-state index contributed by atoms with van der Waals surface area (Å²) in [4.78, 5) is 4.20. The lowest BCUT2D eigenvalue weighted by atomic mass is 10.1. The molecule has 0 N–H and O–H groups in total. The van der Waals surface area contributed by atoms with Gasteiger partial charge in [-0.3, -0.25) is 0 Å². The van der Waals surface area contributed by atoms with E-state index in [2.05, 4.69) is 25.9 Å². The fraction of sp³-hybridized carbons (Fsp3) is 0.300. The number of hydrogen-bond donors (Lipinski definition) is 0. The Bertz CT molecular complexity index is 434. The summed E-state index contributed by atoms with van der Waals surface area (Å²) in [5.74, 6) is 0. The van der Waals surface area contributed by atoms with E-state index in [0.717, 1.165) is 0 Å². The topological polar surface area (TPSA) is 21.6 Å². The van der Waals surface area contributed by atoms with Gasteiger partial charge in [0.15, 0.2) is 0 Å². The highest BCUT2D eigenvalue weighted by molar-refractivity contribution is 9.10. The molecule has 1 rings (SSSR count). The Hall–Kier alpha value is -0.750. The molecule has 0 aliphatic carbocycles. The van der Waals surface area contributed by atoms with E-state index in [0.29, 0.717) is 15.1 Å². The lowest BCUT2D eigenvalue weighted by Crippen LogP contribution is -2.15. The summed E-state index contributed by atoms with van der Waals surface area (Å²) in [6, 6.07) is 5.06. The third-order valence-electron chi connectivity index (χ3n) is 1.77. The minimum Gasteiger partial charge on any atom is -0.386 e. The number of benzene rings is 1. The Balaban J connectivity index is 2.79. The van der Waals surface area contributed by atoms with Gasteiger partial charge in [0, 0.05) is 10.0 Å². The van der Waals surface area contributed by atoms with Crippen LogP contribution in [0.5, 0.6) is 0 Å². The zero-order valence-corrected chi connectivity index (χ0v) is 11.0. The molecular formula is C10H8BrClF3NO. The zero-order valence-electron chi connectivity index (χ0n) is 8.68. The molecule has 0 saturated heterocycles. The Morgan fingerprint density at radius 1 is 1.47 bits per heavy atom. The van der Waals surface area contributed by atoms with Crippen LogP contribution in [0.1, 0.15) is 12.5 Å². The van der Waals surface area contributed by atoms with Gasteiger partial charge in [-0.25, -0.2) is 0 Å². The summed E-state index contributed by atoms with van der Waals surface area (Å²) in [6.07, 6.45) is -4.40. The summed E-state index contributed by atoms with van der Waals surface area (Å²) in [7, 11) is 0. The van der Waals surface area contributed by atoms with Crippen LogP contribution in [0.4, 0.5) is 13.2 Å². The molecule has 2 nitrogen and oxygen atoms in total. The molecule has 17 heavy (non-hydrogen) atoms. The minimum atomic E-state index is -4.40. The molecular weight excluding hydrogens is 322 g/mol. The van der Waals surface area contributed by atoms with Crippen molar-refractivity contribution in [2.45, 2.75) is 13.1 Å². The van der Waals surface area contributed by atoms with Crippen LogP contribution in [0.2, 0.25) is 5.02 Å². The SMILES string of the molecule is C/C(=N\OCC(F)(F)F)c1cccc(Br)c1Cl. The van der Waals surface area contributed by atoms with Crippen molar-refractivity contribution in [3.05, 3.63) is 33.3 Å². The van der Waals surface area contributed by atoms with E-state index >= 15 is 0 Å². The molecule has 0 saturated carbocycles. The maximum Gasteiger partial charge on any atom is 0.425 e. The van der Waals surface area contributed by atoms with Gasteiger partial charge < -0.3 is 4.84 Å². The van der Waals surface area contributed by atoms with Gasteiger partial charge in [-0.2, -0.15) is 13.2 Å². The van der Waals surface area contributed by atoms with E-state index < -0.39 is 12.8 Å². The minimum absolute atomic E-state index is 0.278. The molecule has 0 bridgehead atoms. The van der Waals surface area contributed by atoms with Crippen molar-refractivity contribution in [1.82, 2.24) is 0 Å². The highest BCUT2D eigenvalue weighted by Crippen LogP contribution is 2.26. The zero-order chi connectivity index (χ0) is 13.1. The molecule has 0 radical (unpaired) electrons. The predicted molar refractivity (Wildman–Crippen MR) is 63.4 cm³/mol. The van der Waals surface area contributed by atoms with Crippen LogP contribution < -0.4 is 0 Å². The molecule has 0 aliphatic heterocycles. The van der Waals surface area contributed by atoms with Gasteiger partial charge in [0.25, 0.3) is 0 Å². The normalized spacial score (nSPS) is 12.7. The van der Waals surface area contributed by atoms with Crippen LogP contribution in [-0.4, -0.2) is 18.5 Å². The first-order valence-corrected chi connectivity index (χ1v) is 5.66. The molecule has 0 aromatic heterocycles. The summed E-state index contributed by atoms with van der Waals surface area (Å²) in [5, 5.41) is 3.75. The Kier molecular flexibility index (Phi) is 4.82. The maximum atomic E-state index is 11.8. The van der Waals surface area contributed by atoms with Gasteiger partial charge in [0.1, 0.15) is 0 Å². The van der Waals surface area contributed by atoms with Crippen LogP contribution in [0.15, 0.2) is 27.8 Å². The summed E-state index contributed by atoms with van der Waals surface area (Å²) in [6.45, 7) is 0.0972. The Morgan fingerprint density at radius 3 is 2.71 bits per heavy atom. The first kappa shape index (κ1) is 14.3. The number of hydrogen-bond acceptors (Lipinski definition) is 2. The van der Waals surface area contributed by atoms with Gasteiger partial charge >= 0.3 is 6.18 Å². The predicted octanol–water partition coefficient (Wildman–Crippen LogP) is 4.41. The van der Waals surface area contributed by atoms with Crippen molar-refractivity contribution < 1.29 is 18.0 Å². The second kappa shape index (κ2) is 5.73. The van der Waals surface area contributed by atoms with Crippen molar-refractivity contribution in [3.63, 3.8) is 0 Å². The molecule has 94 valence electrons. The molecule has 0 atom stereocenters. The van der Waals surface area contributed by atoms with E-state index in [1.165, 1.54) is 6.92 Å². The van der Waals surface area contributed by atoms with Crippen molar-refractivity contribution in [1.29, 1.82) is 0 Å². The van der Waals surface area contributed by atoms with Crippen molar-refractivity contribution in [2.75, 3.05) is 6.61 Å². The smallest absolute Gasteiger partial charge is 0.386 e. The van der Waals surface area contributed by atoms with Crippen LogP contribution in [0.25, 0.3) is 0 Å². The first-order chi connectivity index (χ1) is 7.81. The summed E-state index contributed by atoms with van der Waals surface area (Å²) >= 11 is 9.16. The van der Waals surface area contributed by atoms with Gasteiger partial charge in [-0.15, -0.1) is 0 Å². The maximum absolute atomic E-state index is 11.8. The number of rotatable bonds is 3. The first-order valence-electron chi connectivity index (χ1n) is 4.49. The fourth-order valence-electron chi connectivity index (χ4n) is 1.03. The Labute approximate surface area is 110 Å². The van der Waals surface area contributed by atoms with Crippen molar-refractivity contribution in [3.8, 4) is 0 Å². The highest BCUT2D eigenvalue weighted by Gasteiger charge is 2.28. The largest absolute Gasteiger partial charge is 0.425 e. The van der Waals surface area contributed by atoms with Crippen molar-refractivity contribution in [2.24, 2.45) is 5.16 Å². The van der Waals surface area contributed by atoms with Gasteiger partial charge in [-0.1, -0.05) is 28.9 Å². The van der Waals surface area contributed by atoms with E-state index in [9.17, 15) is 13.2 Å². The molecule has 0 heterocycles. The third-order valence-corrected chi connectivity index (χ3v) is 3.07. The lowest BCUT2D eigenvalue weighted by Gasteiger charge is -2.07. The van der Waals surface area contributed by atoms with E-state index in [-0.39, 0.29) is 5.71 Å². The molecule has 0 spiro atoms. The number of oxime groups is 1. The monoisotopic (exact) mass is 329 g/mol. The van der Waals surface area contributed by atoms with E-state index in [1.54, 1.807) is 18.2 Å². The number of nitrogens with zero attached hydrogens (tertiary/aromatic N) is 1. The van der Waals surface area contributed by atoms with Gasteiger partial charge in [0.05, 0.1) is 10.7 Å². The second-order valence-corrected chi connectivity index (χ2v) is 4.40. The molecule has 1 aromatic rings. The summed E-state index contributed by atoms with van der Waals surface area (Å²) in [5.41, 5.74) is 0.795. The molecule has 1 aromatic carbocycles. The number of halogens is 5. The van der Waals surface area contributed by atoms with E-state index in [1.807, 2.05) is 0 Å². The lowest BCUT2D eigenvalue weighted by molar-refractivity contribution is -0.173. The van der Waals surface area contributed by atoms with E-state index in [4.69, 9.17) is 11.6 Å². The number of alkyl halides is 3. The molecule has 0 amide bonds. The highest BCUT2D eigenvalue weighted by atomic mass is 79.9. The van der Waals surface area contributed by atoms with Gasteiger partial charge in [-0.05, 0) is 28.9 Å². The summed E-state index contributed by atoms with van der Waals surface area (Å²) < 4.78 is 36.1. The Morgan fingerprint density at radius 2 is 2.12 bits per heavy atom. The van der Waals surface area contributed by atoms with Crippen LogP contribution in [-0.2, 0) is 4.84 Å². The van der Waals surface area contributed by atoms with Crippen LogP contribution in [0, 0.1) is 0 Å². The fourth-order valence-corrected chi connectivity index (χ4v) is 1.66. The van der Waals surface area contributed by atoms with Crippen LogP contribution in [0.3, 0.4) is 0 Å². The van der Waals surface area contributed by atoms with Gasteiger partial charge in [0.2, 0.25) is 6.61 Å². The quantitative estimate of drug-likeness (QED) is 0.594. The standard InChI is InChI=1S/C10H8BrClF3NO/c1-6(16-17-5-10(13,14)15)7-3-2-4-8(11)9(7)12/h2-4H,5H2,1H3/b16-6+. The average Bonchev–Trinajstić information content (AvgIpc) is 2.20. The van der Waals surface area contributed by atoms with Crippen molar-refractivity contribution >= 4 is 33.2 Å².